The zero-order valence-electron chi connectivity index (χ0n) is 15.6. The smallest absolute Gasteiger partial charge is 0.241 e. The summed E-state index contributed by atoms with van der Waals surface area (Å²) >= 11 is 0. The second-order valence-electron chi connectivity index (χ2n) is 7.61. The van der Waals surface area contributed by atoms with Crippen LogP contribution in [0.25, 0.3) is 11.4 Å². The summed E-state index contributed by atoms with van der Waals surface area (Å²) in [6.07, 6.45) is 2.93. The van der Waals surface area contributed by atoms with E-state index in [1.54, 1.807) is 0 Å². The van der Waals surface area contributed by atoms with Crippen LogP contribution in [0.15, 0.2) is 28.8 Å². The van der Waals surface area contributed by atoms with Crippen LogP contribution in [0.1, 0.15) is 37.6 Å². The van der Waals surface area contributed by atoms with E-state index in [9.17, 15) is 4.79 Å². The van der Waals surface area contributed by atoms with E-state index in [1.807, 2.05) is 36.1 Å². The minimum absolute atomic E-state index is 0.186. The Morgan fingerprint density at radius 3 is 2.85 bits per heavy atom. The normalized spacial score (nSPS) is 23.5. The Bertz CT molecular complexity index is 803. The van der Waals surface area contributed by atoms with Gasteiger partial charge in [0.2, 0.25) is 17.6 Å². The van der Waals surface area contributed by atoms with Crippen LogP contribution in [0.3, 0.4) is 0 Å². The number of benzene rings is 1. The molecule has 2 saturated heterocycles. The molecule has 2 fully saturated rings. The third-order valence-corrected chi connectivity index (χ3v) is 5.74. The number of hydrogen-bond donors (Lipinski definition) is 0. The molecule has 2 aliphatic rings. The van der Waals surface area contributed by atoms with Crippen LogP contribution in [0.5, 0.6) is 0 Å². The molecule has 0 saturated carbocycles. The molecule has 138 valence electrons. The van der Waals surface area contributed by atoms with Gasteiger partial charge in [-0.15, -0.1) is 0 Å². The van der Waals surface area contributed by atoms with Crippen molar-refractivity contribution in [2.24, 2.45) is 5.41 Å². The van der Waals surface area contributed by atoms with Gasteiger partial charge in [-0.25, -0.2) is 0 Å². The lowest BCUT2D eigenvalue weighted by Gasteiger charge is -2.23. The standard InChI is InChI=1S/C20H26N4O2/c1-3-10-24-12-9-20(19(24)25)8-11-23(14-20)13-17-21-18(22-26-17)16-7-5-4-6-15(16)2/h4-7H,3,8-14H2,1-2H3. The Kier molecular flexibility index (Phi) is 4.53. The van der Waals surface area contributed by atoms with Crippen LogP contribution < -0.4 is 0 Å². The van der Waals surface area contributed by atoms with E-state index in [-0.39, 0.29) is 5.41 Å². The SMILES string of the molecule is CCCN1CCC2(CCN(Cc3nc(-c4ccccc4C)no3)C2)C1=O. The first-order chi connectivity index (χ1) is 12.6. The molecule has 1 aromatic heterocycles. The van der Waals surface area contributed by atoms with Crippen molar-refractivity contribution in [3.63, 3.8) is 0 Å². The number of aryl methyl sites for hydroxylation is 1. The quantitative estimate of drug-likeness (QED) is 0.826. The van der Waals surface area contributed by atoms with Crippen LogP contribution >= 0.6 is 0 Å². The van der Waals surface area contributed by atoms with Crippen molar-refractivity contribution in [2.45, 2.75) is 39.7 Å². The fraction of sp³-hybridized carbons (Fsp3) is 0.550. The van der Waals surface area contributed by atoms with Gasteiger partial charge in [-0.2, -0.15) is 4.98 Å². The van der Waals surface area contributed by atoms with Crippen LogP contribution in [-0.4, -0.2) is 52.0 Å². The van der Waals surface area contributed by atoms with Gasteiger partial charge in [-0.05, 0) is 38.3 Å². The van der Waals surface area contributed by atoms with Gasteiger partial charge in [-0.3, -0.25) is 9.69 Å². The minimum atomic E-state index is -0.186. The molecule has 3 heterocycles. The second-order valence-corrected chi connectivity index (χ2v) is 7.61. The molecule has 1 spiro atoms. The summed E-state index contributed by atoms with van der Waals surface area (Å²) in [4.78, 5) is 21.7. The summed E-state index contributed by atoms with van der Waals surface area (Å²) in [5, 5.41) is 4.14. The van der Waals surface area contributed by atoms with E-state index >= 15 is 0 Å². The Morgan fingerprint density at radius 2 is 2.04 bits per heavy atom. The van der Waals surface area contributed by atoms with Crippen LogP contribution in [0.4, 0.5) is 0 Å². The van der Waals surface area contributed by atoms with E-state index in [0.29, 0.717) is 24.2 Å². The number of rotatable bonds is 5. The highest BCUT2D eigenvalue weighted by Crippen LogP contribution is 2.41. The van der Waals surface area contributed by atoms with E-state index in [4.69, 9.17) is 4.52 Å². The fourth-order valence-electron chi connectivity index (χ4n) is 4.29. The first-order valence-electron chi connectivity index (χ1n) is 9.52. The number of nitrogens with zero attached hydrogens (tertiary/aromatic N) is 4. The van der Waals surface area contributed by atoms with Crippen molar-refractivity contribution in [1.82, 2.24) is 19.9 Å². The molecule has 2 aliphatic heterocycles. The fourth-order valence-corrected chi connectivity index (χ4v) is 4.29. The molecular weight excluding hydrogens is 328 g/mol. The molecule has 0 bridgehead atoms. The van der Waals surface area contributed by atoms with Gasteiger partial charge in [0.25, 0.3) is 0 Å². The molecule has 1 atom stereocenters. The second kappa shape index (κ2) is 6.83. The van der Waals surface area contributed by atoms with E-state index in [0.717, 1.165) is 56.6 Å². The Labute approximate surface area is 154 Å². The van der Waals surface area contributed by atoms with Crippen LogP contribution in [-0.2, 0) is 11.3 Å². The maximum atomic E-state index is 12.8. The first-order valence-corrected chi connectivity index (χ1v) is 9.52. The lowest BCUT2D eigenvalue weighted by atomic mass is 9.85. The summed E-state index contributed by atoms with van der Waals surface area (Å²) in [6, 6.07) is 8.04. The third-order valence-electron chi connectivity index (χ3n) is 5.74. The number of aromatic nitrogens is 2. The monoisotopic (exact) mass is 354 g/mol. The largest absolute Gasteiger partial charge is 0.342 e. The molecule has 1 amide bonds. The molecular formula is C20H26N4O2. The van der Waals surface area contributed by atoms with E-state index in [1.165, 1.54) is 0 Å². The van der Waals surface area contributed by atoms with E-state index < -0.39 is 0 Å². The molecule has 0 radical (unpaired) electrons. The maximum Gasteiger partial charge on any atom is 0.241 e. The molecule has 2 aromatic rings. The van der Waals surface area contributed by atoms with Crippen molar-refractivity contribution in [3.8, 4) is 11.4 Å². The van der Waals surface area contributed by atoms with Gasteiger partial charge < -0.3 is 9.42 Å². The van der Waals surface area contributed by atoms with Crippen LogP contribution in [0.2, 0.25) is 0 Å². The number of likely N-dealkylation sites (tertiary alicyclic amines) is 2. The summed E-state index contributed by atoms with van der Waals surface area (Å²) in [7, 11) is 0. The molecule has 26 heavy (non-hydrogen) atoms. The maximum absolute atomic E-state index is 12.8. The predicted octanol–water partition coefficient (Wildman–Crippen LogP) is 2.88. The Balaban J connectivity index is 1.42. The van der Waals surface area contributed by atoms with Gasteiger partial charge in [0.1, 0.15) is 0 Å². The highest BCUT2D eigenvalue weighted by Gasteiger charge is 2.50. The summed E-state index contributed by atoms with van der Waals surface area (Å²) in [6.45, 7) is 8.27. The number of hydrogen-bond acceptors (Lipinski definition) is 5. The summed E-state index contributed by atoms with van der Waals surface area (Å²) in [5.41, 5.74) is 1.95. The van der Waals surface area contributed by atoms with Gasteiger partial charge in [0, 0.05) is 25.2 Å². The summed E-state index contributed by atoms with van der Waals surface area (Å²) < 4.78 is 5.48. The highest BCUT2D eigenvalue weighted by atomic mass is 16.5. The minimum Gasteiger partial charge on any atom is -0.342 e. The average Bonchev–Trinajstić information content (AvgIpc) is 3.33. The van der Waals surface area contributed by atoms with Crippen molar-refractivity contribution in [2.75, 3.05) is 26.2 Å². The van der Waals surface area contributed by atoms with Gasteiger partial charge in [-0.1, -0.05) is 36.3 Å². The Hall–Kier alpha value is -2.21. The molecule has 6 nitrogen and oxygen atoms in total. The predicted molar refractivity (Wildman–Crippen MR) is 98.3 cm³/mol. The van der Waals surface area contributed by atoms with Crippen LogP contribution in [0, 0.1) is 12.3 Å². The Morgan fingerprint density at radius 1 is 1.23 bits per heavy atom. The lowest BCUT2D eigenvalue weighted by molar-refractivity contribution is -0.135. The first kappa shape index (κ1) is 17.2. The van der Waals surface area contributed by atoms with Gasteiger partial charge in [0.05, 0.1) is 12.0 Å². The van der Waals surface area contributed by atoms with E-state index in [2.05, 4.69) is 22.0 Å². The molecule has 6 heteroatoms. The third kappa shape index (κ3) is 3.03. The van der Waals surface area contributed by atoms with Crippen molar-refractivity contribution >= 4 is 5.91 Å². The number of carbonyl (C=O) groups is 1. The molecule has 0 N–H and O–H groups in total. The molecule has 1 aromatic carbocycles. The number of carbonyl (C=O) groups excluding carboxylic acids is 1. The van der Waals surface area contributed by atoms with Crippen molar-refractivity contribution in [1.29, 1.82) is 0 Å². The molecule has 1 unspecified atom stereocenters. The zero-order valence-corrected chi connectivity index (χ0v) is 15.6. The zero-order chi connectivity index (χ0) is 18.1. The number of amides is 1. The highest BCUT2D eigenvalue weighted by molar-refractivity contribution is 5.85. The average molecular weight is 354 g/mol. The topological polar surface area (TPSA) is 62.5 Å². The molecule has 0 aliphatic carbocycles. The lowest BCUT2D eigenvalue weighted by Crippen LogP contribution is -2.37. The van der Waals surface area contributed by atoms with Gasteiger partial charge in [0.15, 0.2) is 0 Å². The van der Waals surface area contributed by atoms with Crippen molar-refractivity contribution < 1.29 is 9.32 Å². The molecule has 4 rings (SSSR count). The van der Waals surface area contributed by atoms with Gasteiger partial charge >= 0.3 is 0 Å². The summed E-state index contributed by atoms with van der Waals surface area (Å²) in [5.74, 6) is 1.60. The van der Waals surface area contributed by atoms with Crippen molar-refractivity contribution in [3.05, 3.63) is 35.7 Å².